The highest BCUT2D eigenvalue weighted by Gasteiger charge is 2.12. The van der Waals surface area contributed by atoms with Crippen molar-refractivity contribution in [1.29, 1.82) is 0 Å². The zero-order valence-electron chi connectivity index (χ0n) is 8.77. The van der Waals surface area contributed by atoms with E-state index in [0.717, 1.165) is 0 Å². The molecule has 0 spiro atoms. The van der Waals surface area contributed by atoms with E-state index in [4.69, 9.17) is 21.4 Å². The largest absolute Gasteiger partial charge is 0.394 e. The van der Waals surface area contributed by atoms with Gasteiger partial charge in [-0.1, -0.05) is 0 Å². The van der Waals surface area contributed by atoms with Crippen LogP contribution in [0.15, 0.2) is 15.8 Å². The number of hydrogen-bond acceptors (Lipinski definition) is 4. The van der Waals surface area contributed by atoms with Gasteiger partial charge in [0.1, 0.15) is 0 Å². The molecule has 0 aliphatic carbocycles. The molecule has 7 heteroatoms. The van der Waals surface area contributed by atoms with E-state index in [9.17, 15) is 9.59 Å². The number of nitrogens with one attached hydrogen (secondary N) is 1. The first kappa shape index (κ1) is 13.0. The number of nitrogens with zero attached hydrogens (tertiary/aromatic N) is 1. The lowest BCUT2D eigenvalue weighted by molar-refractivity contribution is -0.00354. The van der Waals surface area contributed by atoms with Crippen molar-refractivity contribution in [2.75, 3.05) is 19.1 Å². The molecule has 1 rings (SSSR count). The van der Waals surface area contributed by atoms with Gasteiger partial charge in [-0.3, -0.25) is 14.3 Å². The summed E-state index contributed by atoms with van der Waals surface area (Å²) < 4.78 is 6.36. The molecule has 1 unspecified atom stereocenters. The van der Waals surface area contributed by atoms with Gasteiger partial charge in [0.25, 0.3) is 5.56 Å². The molecule has 0 aliphatic heterocycles. The van der Waals surface area contributed by atoms with Gasteiger partial charge >= 0.3 is 5.69 Å². The Morgan fingerprint density at radius 3 is 2.88 bits per heavy atom. The van der Waals surface area contributed by atoms with Gasteiger partial charge in [0.05, 0.1) is 19.1 Å². The summed E-state index contributed by atoms with van der Waals surface area (Å²) in [6.07, 6.45) is 0.683. The number of aliphatic hydroxyl groups is 1. The lowest BCUT2D eigenvalue weighted by Gasteiger charge is -2.17. The Labute approximate surface area is 96.4 Å². The molecule has 0 fully saturated rings. The van der Waals surface area contributed by atoms with Gasteiger partial charge in [0, 0.05) is 11.8 Å². The van der Waals surface area contributed by atoms with Crippen LogP contribution in [0.5, 0.6) is 0 Å². The molecule has 0 aliphatic rings. The Hall–Kier alpha value is -1.11. The summed E-state index contributed by atoms with van der Waals surface area (Å²) >= 11 is 5.64. The fourth-order valence-electron chi connectivity index (χ4n) is 1.19. The van der Waals surface area contributed by atoms with E-state index in [0.29, 0.717) is 5.56 Å². The fourth-order valence-corrected chi connectivity index (χ4v) is 1.43. The van der Waals surface area contributed by atoms with Crippen molar-refractivity contribution >= 4 is 11.6 Å². The second-order valence-electron chi connectivity index (χ2n) is 3.18. The van der Waals surface area contributed by atoms with Crippen molar-refractivity contribution in [3.63, 3.8) is 0 Å². The summed E-state index contributed by atoms with van der Waals surface area (Å²) in [5.74, 6) is 0.0470. The van der Waals surface area contributed by atoms with Crippen LogP contribution in [0.3, 0.4) is 0 Å². The zero-order chi connectivity index (χ0) is 12.1. The monoisotopic (exact) mass is 248 g/mol. The van der Waals surface area contributed by atoms with Gasteiger partial charge < -0.3 is 9.84 Å². The van der Waals surface area contributed by atoms with Crippen molar-refractivity contribution in [1.82, 2.24) is 9.55 Å². The fraction of sp³-hybridized carbons (Fsp3) is 0.556. The van der Waals surface area contributed by atoms with Crippen molar-refractivity contribution in [2.24, 2.45) is 0 Å². The summed E-state index contributed by atoms with van der Waals surface area (Å²) in [6, 6.07) is 0. The first-order valence-corrected chi connectivity index (χ1v) is 5.24. The van der Waals surface area contributed by atoms with Crippen LogP contribution in [0.1, 0.15) is 11.8 Å². The summed E-state index contributed by atoms with van der Waals surface area (Å²) in [5.41, 5.74) is -0.627. The maximum atomic E-state index is 11.5. The number of rotatable bonds is 5. The highest BCUT2D eigenvalue weighted by molar-refractivity contribution is 6.18. The van der Waals surface area contributed by atoms with Crippen LogP contribution < -0.4 is 11.2 Å². The van der Waals surface area contributed by atoms with Gasteiger partial charge in [-0.25, -0.2) is 4.79 Å². The quantitative estimate of drug-likeness (QED) is 0.694. The molecule has 6 nitrogen and oxygen atoms in total. The van der Waals surface area contributed by atoms with Crippen molar-refractivity contribution < 1.29 is 9.84 Å². The molecule has 0 bridgehead atoms. The lowest BCUT2D eigenvalue weighted by Crippen LogP contribution is -2.35. The van der Waals surface area contributed by atoms with E-state index in [1.807, 2.05) is 0 Å². The summed E-state index contributed by atoms with van der Waals surface area (Å²) in [5, 5.41) is 8.61. The SMILES string of the molecule is Cc1cn(C(CCl)OCCO)c(=O)[nH]c1=O. The third kappa shape index (κ3) is 2.94. The highest BCUT2D eigenvalue weighted by Crippen LogP contribution is 2.07. The molecule has 0 saturated heterocycles. The molecule has 1 heterocycles. The van der Waals surface area contributed by atoms with E-state index < -0.39 is 17.5 Å². The Balaban J connectivity index is 3.05. The minimum Gasteiger partial charge on any atom is -0.394 e. The number of aromatic nitrogens is 2. The second-order valence-corrected chi connectivity index (χ2v) is 3.49. The first-order chi connectivity index (χ1) is 7.60. The number of hydrogen-bond donors (Lipinski definition) is 2. The molecule has 16 heavy (non-hydrogen) atoms. The van der Waals surface area contributed by atoms with Crippen LogP contribution in [-0.4, -0.2) is 33.8 Å². The number of ether oxygens (including phenoxy) is 1. The highest BCUT2D eigenvalue weighted by atomic mass is 35.5. The summed E-state index contributed by atoms with van der Waals surface area (Å²) in [7, 11) is 0. The molecule has 2 N–H and O–H groups in total. The van der Waals surface area contributed by atoms with Crippen molar-refractivity contribution in [2.45, 2.75) is 13.2 Å². The van der Waals surface area contributed by atoms with Crippen LogP contribution in [-0.2, 0) is 4.74 Å². The third-order valence-corrected chi connectivity index (χ3v) is 2.25. The van der Waals surface area contributed by atoms with Gasteiger partial charge in [-0.05, 0) is 6.92 Å². The van der Waals surface area contributed by atoms with Gasteiger partial charge in [-0.2, -0.15) is 0 Å². The van der Waals surface area contributed by atoms with Gasteiger partial charge in [-0.15, -0.1) is 11.6 Å². The summed E-state index contributed by atoms with van der Waals surface area (Å²) in [4.78, 5) is 24.7. The number of H-pyrrole nitrogens is 1. The molecule has 1 atom stereocenters. The molecule has 0 aromatic carbocycles. The number of aromatic amines is 1. The van der Waals surface area contributed by atoms with Crippen LogP contribution in [0, 0.1) is 6.92 Å². The Morgan fingerprint density at radius 1 is 1.62 bits per heavy atom. The van der Waals surface area contributed by atoms with Gasteiger partial charge in [0.2, 0.25) is 0 Å². The molecular formula is C9H13ClN2O4. The average Bonchev–Trinajstić information content (AvgIpc) is 2.26. The Bertz CT molecular complexity index is 454. The summed E-state index contributed by atoms with van der Waals surface area (Å²) in [6.45, 7) is 1.48. The predicted molar refractivity (Wildman–Crippen MR) is 58.9 cm³/mol. The zero-order valence-corrected chi connectivity index (χ0v) is 9.53. The number of aliphatic hydroxyl groups excluding tert-OH is 1. The standard InChI is InChI=1S/C9H13ClN2O4/c1-6-5-12(9(15)11-8(6)14)7(4-10)16-3-2-13/h5,7,13H,2-4H2,1H3,(H,11,14,15). The first-order valence-electron chi connectivity index (χ1n) is 4.70. The van der Waals surface area contributed by atoms with E-state index in [2.05, 4.69) is 4.98 Å². The van der Waals surface area contributed by atoms with Crippen molar-refractivity contribution in [3.8, 4) is 0 Å². The topological polar surface area (TPSA) is 84.3 Å². The van der Waals surface area contributed by atoms with Crippen LogP contribution >= 0.6 is 11.6 Å². The van der Waals surface area contributed by atoms with Gasteiger partial charge in [0.15, 0.2) is 6.23 Å². The Morgan fingerprint density at radius 2 is 2.31 bits per heavy atom. The molecule has 0 radical (unpaired) electrons. The van der Waals surface area contributed by atoms with E-state index >= 15 is 0 Å². The minimum absolute atomic E-state index is 0.0470. The lowest BCUT2D eigenvalue weighted by atomic mass is 10.4. The van der Waals surface area contributed by atoms with Crippen LogP contribution in [0.2, 0.25) is 0 Å². The van der Waals surface area contributed by atoms with Crippen LogP contribution in [0.4, 0.5) is 0 Å². The third-order valence-electron chi connectivity index (χ3n) is 1.99. The van der Waals surface area contributed by atoms with E-state index in [1.54, 1.807) is 6.92 Å². The maximum absolute atomic E-state index is 11.5. The average molecular weight is 249 g/mol. The number of halogens is 1. The molecule has 0 amide bonds. The van der Waals surface area contributed by atoms with Crippen molar-refractivity contribution in [3.05, 3.63) is 32.6 Å². The van der Waals surface area contributed by atoms with Crippen LogP contribution in [0.25, 0.3) is 0 Å². The molecule has 90 valence electrons. The number of aryl methyl sites for hydroxylation is 1. The number of alkyl halides is 1. The molecule has 1 aromatic heterocycles. The smallest absolute Gasteiger partial charge is 0.330 e. The Kier molecular flexibility index (Phi) is 4.72. The minimum atomic E-state index is -0.697. The maximum Gasteiger partial charge on any atom is 0.330 e. The molecule has 1 aromatic rings. The molecular weight excluding hydrogens is 236 g/mol. The normalized spacial score (nSPS) is 12.7. The van der Waals surface area contributed by atoms with E-state index in [1.165, 1.54) is 10.8 Å². The molecule has 0 saturated carbocycles. The van der Waals surface area contributed by atoms with E-state index in [-0.39, 0.29) is 19.1 Å². The second kappa shape index (κ2) is 5.83. The predicted octanol–water partition coefficient (Wildman–Crippen LogP) is -0.409.